The summed E-state index contributed by atoms with van der Waals surface area (Å²) in [5, 5.41) is 16.3. The van der Waals surface area contributed by atoms with Gasteiger partial charge in [0.25, 0.3) is 5.56 Å². The van der Waals surface area contributed by atoms with E-state index in [0.717, 1.165) is 22.2 Å². The number of H-pyrrole nitrogens is 1. The van der Waals surface area contributed by atoms with Gasteiger partial charge in [0.05, 0.1) is 28.2 Å². The average Bonchev–Trinajstić information content (AvgIpc) is 3.05. The maximum absolute atomic E-state index is 13.0. The summed E-state index contributed by atoms with van der Waals surface area (Å²) in [4.78, 5) is 13.0. The third-order valence-electron chi connectivity index (χ3n) is 4.67. The maximum atomic E-state index is 13.0. The summed E-state index contributed by atoms with van der Waals surface area (Å²) in [6.45, 7) is 1.18. The van der Waals surface area contributed by atoms with Crippen molar-refractivity contribution in [2.75, 3.05) is 13.2 Å². The third kappa shape index (κ3) is 3.47. The number of aromatic nitrogens is 2. The van der Waals surface area contributed by atoms with Gasteiger partial charge in [-0.2, -0.15) is 0 Å². The number of fused-ring (bicyclic) bond motifs is 1. The molecule has 4 aromatic rings. The smallest absolute Gasteiger partial charge is 0.279 e. The molecule has 0 saturated carbocycles. The van der Waals surface area contributed by atoms with Gasteiger partial charge in [0.2, 0.25) is 0 Å². The van der Waals surface area contributed by atoms with Crippen LogP contribution in [0.5, 0.6) is 0 Å². The summed E-state index contributed by atoms with van der Waals surface area (Å²) in [6.07, 6.45) is 0. The zero-order valence-corrected chi connectivity index (χ0v) is 15.9. The molecule has 4 rings (SSSR count). The molecule has 0 aliphatic carbocycles. The standard InChI is InChI=1S/C22H20ClN3O2/c23-21-17(16-5-2-1-3-6-16)7-4-8-20(21)26-22(28)18-13-15(14-24-11-12-27)9-10-19(18)25-26/h1-10,13,24-25,27H,11-12,14H2. The van der Waals surface area contributed by atoms with Gasteiger partial charge in [0.1, 0.15) is 0 Å². The quantitative estimate of drug-likeness (QED) is 0.437. The summed E-state index contributed by atoms with van der Waals surface area (Å²) in [5.74, 6) is 0. The van der Waals surface area contributed by atoms with Crippen LogP contribution in [0.3, 0.4) is 0 Å². The Labute approximate surface area is 167 Å². The molecule has 0 spiro atoms. The van der Waals surface area contributed by atoms with Crippen molar-refractivity contribution in [2.45, 2.75) is 6.54 Å². The fourth-order valence-corrected chi connectivity index (χ4v) is 3.60. The summed E-state index contributed by atoms with van der Waals surface area (Å²) in [6, 6.07) is 21.2. The van der Waals surface area contributed by atoms with E-state index >= 15 is 0 Å². The Bertz CT molecular complexity index is 1170. The highest BCUT2D eigenvalue weighted by Crippen LogP contribution is 2.32. The van der Waals surface area contributed by atoms with Gasteiger partial charge in [0, 0.05) is 18.7 Å². The van der Waals surface area contributed by atoms with Gasteiger partial charge in [-0.3, -0.25) is 9.89 Å². The van der Waals surface area contributed by atoms with Crippen LogP contribution in [-0.4, -0.2) is 28.0 Å². The zero-order valence-electron chi connectivity index (χ0n) is 15.2. The first kappa shape index (κ1) is 18.5. The van der Waals surface area contributed by atoms with Crippen LogP contribution in [0.4, 0.5) is 0 Å². The second-order valence-corrected chi connectivity index (χ2v) is 6.92. The highest BCUT2D eigenvalue weighted by molar-refractivity contribution is 6.35. The van der Waals surface area contributed by atoms with Crippen molar-refractivity contribution in [3.8, 4) is 16.8 Å². The summed E-state index contributed by atoms with van der Waals surface area (Å²) >= 11 is 6.68. The monoisotopic (exact) mass is 393 g/mol. The van der Waals surface area contributed by atoms with Crippen LogP contribution < -0.4 is 10.9 Å². The molecule has 0 saturated heterocycles. The Balaban J connectivity index is 1.77. The van der Waals surface area contributed by atoms with Crippen LogP contribution in [0.15, 0.2) is 71.5 Å². The van der Waals surface area contributed by atoms with Gasteiger partial charge in [-0.1, -0.05) is 60.1 Å². The number of aliphatic hydroxyl groups excluding tert-OH is 1. The minimum Gasteiger partial charge on any atom is -0.395 e. The Morgan fingerprint density at radius 3 is 2.64 bits per heavy atom. The van der Waals surface area contributed by atoms with Crippen LogP contribution in [0.25, 0.3) is 27.7 Å². The van der Waals surface area contributed by atoms with Crippen LogP contribution in [0.2, 0.25) is 5.02 Å². The molecule has 0 fully saturated rings. The summed E-state index contributed by atoms with van der Waals surface area (Å²) in [7, 11) is 0. The molecule has 142 valence electrons. The van der Waals surface area contributed by atoms with E-state index < -0.39 is 0 Å². The molecule has 28 heavy (non-hydrogen) atoms. The van der Waals surface area contributed by atoms with E-state index in [2.05, 4.69) is 10.4 Å². The molecule has 0 aliphatic heterocycles. The Morgan fingerprint density at radius 1 is 1.04 bits per heavy atom. The van der Waals surface area contributed by atoms with Crippen LogP contribution in [-0.2, 0) is 6.54 Å². The number of hydrogen-bond acceptors (Lipinski definition) is 3. The van der Waals surface area contributed by atoms with Gasteiger partial charge in [-0.25, -0.2) is 4.68 Å². The van der Waals surface area contributed by atoms with Crippen LogP contribution in [0.1, 0.15) is 5.56 Å². The van der Waals surface area contributed by atoms with E-state index in [1.165, 1.54) is 4.68 Å². The van der Waals surface area contributed by atoms with Crippen molar-refractivity contribution in [1.82, 2.24) is 15.1 Å². The molecule has 5 nitrogen and oxygen atoms in total. The van der Waals surface area contributed by atoms with E-state index in [-0.39, 0.29) is 12.2 Å². The highest BCUT2D eigenvalue weighted by Gasteiger charge is 2.14. The number of aliphatic hydroxyl groups is 1. The second-order valence-electron chi connectivity index (χ2n) is 6.54. The topological polar surface area (TPSA) is 70.1 Å². The molecule has 3 N–H and O–H groups in total. The number of halogens is 1. The molecule has 0 aliphatic rings. The fraction of sp³-hybridized carbons (Fsp3) is 0.136. The number of rotatable bonds is 6. The molecule has 0 bridgehead atoms. The predicted molar refractivity (Wildman–Crippen MR) is 113 cm³/mol. The van der Waals surface area contributed by atoms with Crippen LogP contribution >= 0.6 is 11.6 Å². The number of nitrogens with one attached hydrogen (secondary N) is 2. The predicted octanol–water partition coefficient (Wildman–Crippen LogP) is 3.72. The first-order valence-electron chi connectivity index (χ1n) is 9.08. The van der Waals surface area contributed by atoms with E-state index in [1.807, 2.05) is 66.7 Å². The Morgan fingerprint density at radius 2 is 1.86 bits per heavy atom. The molecule has 1 heterocycles. The van der Waals surface area contributed by atoms with Crippen molar-refractivity contribution in [2.24, 2.45) is 0 Å². The second kappa shape index (κ2) is 8.02. The van der Waals surface area contributed by atoms with Crippen molar-refractivity contribution in [3.05, 3.63) is 87.7 Å². The molecule has 6 heteroatoms. The first-order chi connectivity index (χ1) is 13.7. The maximum Gasteiger partial charge on any atom is 0.279 e. The van der Waals surface area contributed by atoms with Gasteiger partial charge >= 0.3 is 0 Å². The number of hydrogen-bond donors (Lipinski definition) is 3. The lowest BCUT2D eigenvalue weighted by Crippen LogP contribution is -2.17. The fourth-order valence-electron chi connectivity index (χ4n) is 3.28. The van der Waals surface area contributed by atoms with Crippen molar-refractivity contribution < 1.29 is 5.11 Å². The lowest BCUT2D eigenvalue weighted by Gasteiger charge is -2.10. The summed E-state index contributed by atoms with van der Waals surface area (Å²) < 4.78 is 1.49. The SMILES string of the molecule is O=c1c2cc(CNCCO)ccc2[nH]n1-c1cccc(-c2ccccc2)c1Cl. The molecular weight excluding hydrogens is 374 g/mol. The van der Waals surface area contributed by atoms with Crippen LogP contribution in [0, 0.1) is 0 Å². The third-order valence-corrected chi connectivity index (χ3v) is 5.07. The molecule has 1 aromatic heterocycles. The van der Waals surface area contributed by atoms with E-state index in [4.69, 9.17) is 16.7 Å². The molecule has 0 unspecified atom stereocenters. The molecular formula is C22H20ClN3O2. The normalized spacial score (nSPS) is 11.2. The van der Waals surface area contributed by atoms with E-state index in [0.29, 0.717) is 29.2 Å². The average molecular weight is 394 g/mol. The van der Waals surface area contributed by atoms with E-state index in [1.54, 1.807) is 0 Å². The lowest BCUT2D eigenvalue weighted by molar-refractivity contribution is 0.292. The number of aromatic amines is 1. The zero-order chi connectivity index (χ0) is 19.5. The van der Waals surface area contributed by atoms with Gasteiger partial charge in [-0.15, -0.1) is 0 Å². The van der Waals surface area contributed by atoms with Gasteiger partial charge in [-0.05, 0) is 29.3 Å². The minimum absolute atomic E-state index is 0.0788. The first-order valence-corrected chi connectivity index (χ1v) is 9.46. The molecule has 0 atom stereocenters. The summed E-state index contributed by atoms with van der Waals surface area (Å²) in [5.41, 5.74) is 4.07. The largest absolute Gasteiger partial charge is 0.395 e. The molecule has 0 radical (unpaired) electrons. The minimum atomic E-state index is -0.147. The van der Waals surface area contributed by atoms with Gasteiger partial charge in [0.15, 0.2) is 0 Å². The highest BCUT2D eigenvalue weighted by atomic mass is 35.5. The Hall–Kier alpha value is -2.86. The lowest BCUT2D eigenvalue weighted by atomic mass is 10.1. The molecule has 0 amide bonds. The van der Waals surface area contributed by atoms with Crippen molar-refractivity contribution in [1.29, 1.82) is 0 Å². The Kier molecular flexibility index (Phi) is 5.30. The molecule has 3 aromatic carbocycles. The number of benzene rings is 3. The number of nitrogens with zero attached hydrogens (tertiary/aromatic N) is 1. The van der Waals surface area contributed by atoms with Crippen molar-refractivity contribution in [3.63, 3.8) is 0 Å². The van der Waals surface area contributed by atoms with E-state index in [9.17, 15) is 4.79 Å². The van der Waals surface area contributed by atoms with Crippen molar-refractivity contribution >= 4 is 22.5 Å². The van der Waals surface area contributed by atoms with Gasteiger partial charge < -0.3 is 10.4 Å².